The van der Waals surface area contributed by atoms with E-state index in [-0.39, 0.29) is 82.8 Å². The molecule has 2 amide bonds. The van der Waals surface area contributed by atoms with Crippen molar-refractivity contribution in [1.82, 2.24) is 10.6 Å². The van der Waals surface area contributed by atoms with Gasteiger partial charge >= 0.3 is 0 Å². The van der Waals surface area contributed by atoms with Crippen LogP contribution in [0.1, 0.15) is 150 Å². The minimum atomic E-state index is -0.224. The van der Waals surface area contributed by atoms with Crippen LogP contribution in [0.25, 0.3) is 0 Å². The smallest absolute Gasteiger partial charge is 0.230 e. The first-order chi connectivity index (χ1) is 28.4. The molecule has 8 nitrogen and oxygen atoms in total. The molecule has 0 aromatic heterocycles. The molecule has 1 heterocycles. The summed E-state index contributed by atoms with van der Waals surface area (Å²) in [4.78, 5) is 25.8. The molecule has 9 heteroatoms. The van der Waals surface area contributed by atoms with Gasteiger partial charge in [-0.05, 0) is 88.4 Å². The average molecular weight is 849 g/mol. The molecule has 0 unspecified atom stereocenters. The van der Waals surface area contributed by atoms with Crippen molar-refractivity contribution in [2.75, 3.05) is 37.8 Å². The van der Waals surface area contributed by atoms with Crippen molar-refractivity contribution in [3.05, 3.63) is 115 Å². The second kappa shape index (κ2) is 17.6. The Morgan fingerprint density at radius 2 is 0.689 bits per heavy atom. The predicted octanol–water partition coefficient (Wildman–Crippen LogP) is 9.70. The Morgan fingerprint density at radius 3 is 0.934 bits per heavy atom. The van der Waals surface area contributed by atoms with Gasteiger partial charge in [0.05, 0.1) is 24.6 Å². The molecule has 0 saturated carbocycles. The van der Waals surface area contributed by atoms with Crippen molar-refractivity contribution in [3.63, 3.8) is 0 Å². The van der Waals surface area contributed by atoms with E-state index < -0.39 is 0 Å². The number of benzene rings is 4. The summed E-state index contributed by atoms with van der Waals surface area (Å²) < 4.78 is 13.5. The summed E-state index contributed by atoms with van der Waals surface area (Å²) in [7, 11) is 0. The highest BCUT2D eigenvalue weighted by Crippen LogP contribution is 2.43. The summed E-state index contributed by atoms with van der Waals surface area (Å²) in [6, 6.07) is 17.3. The first-order valence-electron chi connectivity index (χ1n) is 21.8. The molecular formula is C52H68N2O6S. The first-order valence-corrected chi connectivity index (χ1v) is 22.9. The van der Waals surface area contributed by atoms with Crippen LogP contribution in [0.3, 0.4) is 0 Å². The second-order valence-electron chi connectivity index (χ2n) is 21.1. The topological polar surface area (TPSA) is 117 Å². The number of rotatable bonds is 0. The third-order valence-electron chi connectivity index (χ3n) is 11.8. The average Bonchev–Trinajstić information content (AvgIpc) is 3.13. The maximum Gasteiger partial charge on any atom is 0.230 e. The zero-order valence-electron chi connectivity index (χ0n) is 38.6. The van der Waals surface area contributed by atoms with Crippen molar-refractivity contribution in [1.29, 1.82) is 0 Å². The van der Waals surface area contributed by atoms with Crippen LogP contribution in [0.2, 0.25) is 0 Å². The standard InChI is InChI=1S/C52H68N2O6S/c1-49(2,3)39-21-31-17-35-25-41(51(7,8)9)27-37-19-33-23-40(50(4,5)6)24-34(46(33)58)20-38-28-42(52(10,11)12)26-36(18-32(22-39)45(31)57)48(38)60-16-14-54-44(56)30-61-29-43(55)53-13-15-59-47(35)37/h21-28,57-58H,13-20,29-30H2,1-12H3,(H,53,55)(H,54,56). The van der Waals surface area contributed by atoms with Gasteiger partial charge in [-0.1, -0.05) is 132 Å². The molecule has 0 spiro atoms. The summed E-state index contributed by atoms with van der Waals surface area (Å²) in [5.41, 5.74) is 10.4. The Bertz CT molecular complexity index is 2040. The molecule has 61 heavy (non-hydrogen) atoms. The molecule has 1 aliphatic carbocycles. The van der Waals surface area contributed by atoms with Gasteiger partial charge in [0.25, 0.3) is 0 Å². The summed E-state index contributed by atoms with van der Waals surface area (Å²) >= 11 is 1.27. The summed E-state index contributed by atoms with van der Waals surface area (Å²) in [6.07, 6.45) is 1.59. The quantitative estimate of drug-likeness (QED) is 0.123. The third kappa shape index (κ3) is 11.1. The maximum absolute atomic E-state index is 12.9. The van der Waals surface area contributed by atoms with Crippen LogP contribution in [-0.2, 0) is 56.9 Å². The number of fused-ring (bicyclic) bond motifs is 2. The Morgan fingerprint density at radius 1 is 0.443 bits per heavy atom. The van der Waals surface area contributed by atoms with Gasteiger partial charge in [0.1, 0.15) is 36.2 Å². The number of ether oxygens (including phenoxy) is 2. The van der Waals surface area contributed by atoms with Crippen LogP contribution < -0.4 is 20.1 Å². The molecule has 2 aliphatic rings. The van der Waals surface area contributed by atoms with Crippen LogP contribution >= 0.6 is 11.8 Å². The van der Waals surface area contributed by atoms with E-state index >= 15 is 0 Å². The van der Waals surface area contributed by atoms with Crippen LogP contribution in [-0.4, -0.2) is 59.8 Å². The number of phenolic OH excluding ortho intramolecular Hbond substituents is 2. The molecule has 0 fully saturated rings. The molecule has 1 aliphatic heterocycles. The van der Waals surface area contributed by atoms with Crippen LogP contribution in [0, 0.1) is 0 Å². The SMILES string of the molecule is CC(C)(C)c1cc2c(O)c(c1)Cc1cc(C(C)(C)C)cc3c1OCCNC(=O)CSCC(=O)NCCOc1c(cc(C(C)(C)C)cc1Cc1cc(C(C)(C)C)cc(c1O)C3)C2. The fourth-order valence-corrected chi connectivity index (χ4v) is 8.72. The van der Waals surface area contributed by atoms with Crippen LogP contribution in [0.4, 0.5) is 0 Å². The second-order valence-corrected chi connectivity index (χ2v) is 22.1. The van der Waals surface area contributed by atoms with Crippen molar-refractivity contribution >= 4 is 23.6 Å². The molecule has 0 radical (unpaired) electrons. The van der Waals surface area contributed by atoms with Crippen LogP contribution in [0.15, 0.2) is 48.5 Å². The Hall–Kier alpha value is -4.63. The van der Waals surface area contributed by atoms with Gasteiger partial charge in [0.2, 0.25) is 11.8 Å². The first kappa shape index (κ1) is 45.9. The van der Waals surface area contributed by atoms with E-state index in [1.54, 1.807) is 0 Å². The van der Waals surface area contributed by atoms with Gasteiger partial charge in [-0.25, -0.2) is 0 Å². The van der Waals surface area contributed by atoms with E-state index in [1.807, 2.05) is 0 Å². The molecule has 328 valence electrons. The monoisotopic (exact) mass is 848 g/mol. The zero-order chi connectivity index (χ0) is 44.7. The minimum Gasteiger partial charge on any atom is -0.507 e. The molecule has 4 aromatic carbocycles. The lowest BCUT2D eigenvalue weighted by Crippen LogP contribution is -2.32. The largest absolute Gasteiger partial charge is 0.507 e. The Labute approximate surface area is 368 Å². The zero-order valence-corrected chi connectivity index (χ0v) is 39.4. The van der Waals surface area contributed by atoms with Crippen molar-refractivity contribution in [3.8, 4) is 23.0 Å². The molecule has 0 saturated heterocycles. The van der Waals surface area contributed by atoms with E-state index in [1.165, 1.54) is 11.8 Å². The Balaban J connectivity index is 1.72. The maximum atomic E-state index is 12.9. The van der Waals surface area contributed by atoms with Crippen molar-refractivity contribution < 1.29 is 29.3 Å². The van der Waals surface area contributed by atoms with Gasteiger partial charge in [0, 0.05) is 25.7 Å². The van der Waals surface area contributed by atoms with E-state index in [9.17, 15) is 19.8 Å². The highest BCUT2D eigenvalue weighted by atomic mass is 32.2. The van der Waals surface area contributed by atoms with Gasteiger partial charge in [-0.2, -0.15) is 0 Å². The minimum absolute atomic E-state index is 0.144. The third-order valence-corrected chi connectivity index (χ3v) is 12.7. The lowest BCUT2D eigenvalue weighted by molar-refractivity contribution is -0.119. The number of thioether (sulfide) groups is 1. The molecule has 6 rings (SSSR count). The van der Waals surface area contributed by atoms with E-state index in [0.29, 0.717) is 37.2 Å². The lowest BCUT2D eigenvalue weighted by atomic mass is 9.79. The molecule has 0 atom stereocenters. The number of carbonyl (C=O) groups excluding carboxylic acids is 2. The highest BCUT2D eigenvalue weighted by Gasteiger charge is 2.28. The Kier molecular flexibility index (Phi) is 13.3. The summed E-state index contributed by atoms with van der Waals surface area (Å²) in [5.74, 6) is 1.77. The van der Waals surface area contributed by atoms with Gasteiger partial charge in [0.15, 0.2) is 0 Å². The van der Waals surface area contributed by atoms with Gasteiger partial charge in [-0.3, -0.25) is 9.59 Å². The van der Waals surface area contributed by atoms with Crippen LogP contribution in [0.5, 0.6) is 23.0 Å². The number of carbonyl (C=O) groups is 2. The molecule has 10 bridgehead atoms. The van der Waals surface area contributed by atoms with E-state index in [0.717, 1.165) is 66.8 Å². The number of aromatic hydroxyl groups is 2. The highest BCUT2D eigenvalue weighted by molar-refractivity contribution is 8.00. The number of nitrogens with one attached hydrogen (secondary N) is 2. The van der Waals surface area contributed by atoms with Gasteiger partial charge in [-0.15, -0.1) is 11.8 Å². The fraction of sp³-hybridized carbons (Fsp3) is 0.500. The number of hydrogen-bond acceptors (Lipinski definition) is 7. The molecular weight excluding hydrogens is 781 g/mol. The van der Waals surface area contributed by atoms with E-state index in [4.69, 9.17) is 9.47 Å². The number of hydrogen-bond donors (Lipinski definition) is 4. The summed E-state index contributed by atoms with van der Waals surface area (Å²) in [6.45, 7) is 27.3. The van der Waals surface area contributed by atoms with Crippen molar-refractivity contribution in [2.45, 2.75) is 130 Å². The summed E-state index contributed by atoms with van der Waals surface area (Å²) in [5, 5.41) is 30.9. The van der Waals surface area contributed by atoms with Crippen molar-refractivity contribution in [2.24, 2.45) is 0 Å². The normalized spacial score (nSPS) is 16.2. The predicted molar refractivity (Wildman–Crippen MR) is 249 cm³/mol. The molecule has 4 N–H and O–H groups in total. The molecule has 4 aromatic rings. The number of phenols is 2. The fourth-order valence-electron chi connectivity index (χ4n) is 8.04. The number of amides is 2. The lowest BCUT2D eigenvalue weighted by Gasteiger charge is -2.28. The van der Waals surface area contributed by atoms with Gasteiger partial charge < -0.3 is 30.3 Å². The van der Waals surface area contributed by atoms with E-state index in [2.05, 4.69) is 142 Å².